The van der Waals surface area contributed by atoms with Crippen molar-refractivity contribution in [1.29, 1.82) is 0 Å². The van der Waals surface area contributed by atoms with Gasteiger partial charge in [0.1, 0.15) is 11.8 Å². The molecule has 0 spiro atoms. The number of rotatable bonds is 15. The summed E-state index contributed by atoms with van der Waals surface area (Å²) in [6.45, 7) is 17.4. The van der Waals surface area contributed by atoms with Crippen molar-refractivity contribution < 1.29 is 27.5 Å². The summed E-state index contributed by atoms with van der Waals surface area (Å²) in [6, 6.07) is 14.1. The van der Waals surface area contributed by atoms with Gasteiger partial charge in [0.15, 0.2) is 0 Å². The van der Waals surface area contributed by atoms with Crippen molar-refractivity contribution in [3.63, 3.8) is 0 Å². The zero-order valence-corrected chi connectivity index (χ0v) is 30.6. The average molecular weight is 671 g/mol. The Morgan fingerprint density at radius 3 is 2.00 bits per heavy atom. The van der Waals surface area contributed by atoms with E-state index in [0.717, 1.165) is 11.3 Å². The van der Waals surface area contributed by atoms with Crippen LogP contribution in [0.4, 0.5) is 0 Å². The highest BCUT2D eigenvalue weighted by Crippen LogP contribution is 2.30. The molecule has 260 valence electrons. The first kappa shape index (κ1) is 39.5. The molecule has 0 radical (unpaired) electrons. The highest BCUT2D eigenvalue weighted by Gasteiger charge is 2.41. The van der Waals surface area contributed by atoms with Gasteiger partial charge in [0.25, 0.3) is 5.91 Å². The number of hydrogen-bond donors (Lipinski definition) is 3. The number of carbonyl (C=O) groups excluding carboxylic acids is 3. The predicted octanol–water partition coefficient (Wildman–Crippen LogP) is 4.56. The first-order valence-electron chi connectivity index (χ1n) is 16.0. The second-order valence-corrected chi connectivity index (χ2v) is 15.6. The number of amides is 3. The summed E-state index contributed by atoms with van der Waals surface area (Å²) in [5.74, 6) is -1.15. The topological polar surface area (TPSA) is 134 Å². The third-order valence-electron chi connectivity index (χ3n) is 8.29. The second-order valence-electron chi connectivity index (χ2n) is 13.9. The Kier molecular flexibility index (Phi) is 13.8. The third-order valence-corrected chi connectivity index (χ3v) is 9.50. The lowest BCUT2D eigenvalue weighted by Gasteiger charge is -2.40. The SMILES string of the molecule is CCOc1ccc(C(C)(C)[C@H](NC)C(=O)N[C@H](C(=O)N(C)[C@H](/C=C(\C)C(=O)NS(=O)(=O)Cc2ccccc2)C(C)C)C(C)(C)C)cc1. The molecule has 2 rings (SSSR count). The van der Waals surface area contributed by atoms with Crippen LogP contribution >= 0.6 is 0 Å². The number of carbonyl (C=O) groups is 3. The number of sulfonamides is 1. The maximum atomic E-state index is 14.1. The van der Waals surface area contributed by atoms with Crippen molar-refractivity contribution in [2.24, 2.45) is 11.3 Å². The predicted molar refractivity (Wildman–Crippen MR) is 187 cm³/mol. The van der Waals surface area contributed by atoms with Crippen LogP contribution in [0.3, 0.4) is 0 Å². The number of nitrogens with zero attached hydrogens (tertiary/aromatic N) is 1. The quantitative estimate of drug-likeness (QED) is 0.237. The molecule has 2 aromatic carbocycles. The molecule has 0 aliphatic heterocycles. The Morgan fingerprint density at radius 2 is 1.51 bits per heavy atom. The Labute approximate surface area is 281 Å². The molecule has 3 atom stereocenters. The van der Waals surface area contributed by atoms with E-state index in [4.69, 9.17) is 4.74 Å². The molecule has 2 aromatic rings. The highest BCUT2D eigenvalue weighted by molar-refractivity contribution is 7.89. The molecule has 3 N–H and O–H groups in total. The molecule has 3 amide bonds. The zero-order chi connectivity index (χ0) is 35.7. The second kappa shape index (κ2) is 16.4. The average Bonchev–Trinajstić information content (AvgIpc) is 2.97. The lowest BCUT2D eigenvalue weighted by molar-refractivity contribution is -0.140. The molecule has 0 aromatic heterocycles. The standard InChI is InChI=1S/C36H54N4O6S/c1-12-46-28-20-18-27(19-21-28)36(8,9)30(37-10)33(42)38-31(35(5,6)7)34(43)40(11)29(24(2)3)22-25(4)32(41)39-47(44,45)23-26-16-14-13-15-17-26/h13-22,24,29-31,37H,12,23H2,1-11H3,(H,38,42)(H,39,41)/b25-22+/t29-,30-,31-/m1/s1. The lowest BCUT2D eigenvalue weighted by atomic mass is 9.76. The van der Waals surface area contributed by atoms with E-state index < -0.39 is 44.9 Å². The minimum atomic E-state index is -3.95. The molecular weight excluding hydrogens is 616 g/mol. The molecule has 10 nitrogen and oxygen atoms in total. The van der Waals surface area contributed by atoms with Crippen LogP contribution in [0.5, 0.6) is 5.75 Å². The zero-order valence-electron chi connectivity index (χ0n) is 29.8. The van der Waals surface area contributed by atoms with Crippen LogP contribution in [0.15, 0.2) is 66.2 Å². The van der Waals surface area contributed by atoms with Gasteiger partial charge in [-0.15, -0.1) is 0 Å². The van der Waals surface area contributed by atoms with Crippen molar-refractivity contribution in [1.82, 2.24) is 20.3 Å². The van der Waals surface area contributed by atoms with Gasteiger partial charge in [-0.05, 0) is 55.5 Å². The minimum Gasteiger partial charge on any atom is -0.494 e. The Bertz CT molecular complexity index is 1500. The summed E-state index contributed by atoms with van der Waals surface area (Å²) < 4.78 is 33.1. The van der Waals surface area contributed by atoms with E-state index >= 15 is 0 Å². The summed E-state index contributed by atoms with van der Waals surface area (Å²) in [5.41, 5.74) is 0.333. The molecular formula is C36H54N4O6S. The number of nitrogens with one attached hydrogen (secondary N) is 3. The fourth-order valence-corrected chi connectivity index (χ4v) is 6.64. The smallest absolute Gasteiger partial charge is 0.260 e. The highest BCUT2D eigenvalue weighted by atomic mass is 32.2. The van der Waals surface area contributed by atoms with Gasteiger partial charge in [-0.2, -0.15) is 0 Å². The van der Waals surface area contributed by atoms with Crippen molar-refractivity contribution in [2.75, 3.05) is 20.7 Å². The molecule has 0 heterocycles. The van der Waals surface area contributed by atoms with Gasteiger partial charge in [0.2, 0.25) is 21.8 Å². The van der Waals surface area contributed by atoms with Crippen molar-refractivity contribution in [3.8, 4) is 5.75 Å². The van der Waals surface area contributed by atoms with Crippen molar-refractivity contribution in [3.05, 3.63) is 77.4 Å². The van der Waals surface area contributed by atoms with E-state index in [2.05, 4.69) is 15.4 Å². The van der Waals surface area contributed by atoms with Crippen LogP contribution in [0.2, 0.25) is 0 Å². The first-order valence-corrected chi connectivity index (χ1v) is 17.6. The molecule has 0 fully saturated rings. The van der Waals surface area contributed by atoms with Gasteiger partial charge in [-0.25, -0.2) is 13.1 Å². The fourth-order valence-electron chi connectivity index (χ4n) is 5.49. The van der Waals surface area contributed by atoms with Gasteiger partial charge in [-0.1, -0.05) is 97.0 Å². The molecule has 0 unspecified atom stereocenters. The number of benzene rings is 2. The minimum absolute atomic E-state index is 0.132. The fraction of sp³-hybridized carbons (Fsp3) is 0.528. The maximum absolute atomic E-state index is 14.1. The summed E-state index contributed by atoms with van der Waals surface area (Å²) in [4.78, 5) is 42.5. The molecule has 47 heavy (non-hydrogen) atoms. The van der Waals surface area contributed by atoms with Crippen molar-refractivity contribution in [2.45, 2.75) is 91.6 Å². The monoisotopic (exact) mass is 670 g/mol. The molecule has 0 saturated carbocycles. The van der Waals surface area contributed by atoms with Gasteiger partial charge >= 0.3 is 0 Å². The summed E-state index contributed by atoms with van der Waals surface area (Å²) in [7, 11) is -0.600. The number of hydrogen-bond acceptors (Lipinski definition) is 7. The van der Waals surface area contributed by atoms with Crippen LogP contribution in [0.25, 0.3) is 0 Å². The van der Waals surface area contributed by atoms with E-state index in [1.165, 1.54) is 11.8 Å². The lowest BCUT2D eigenvalue weighted by Crippen LogP contribution is -2.61. The van der Waals surface area contributed by atoms with Gasteiger partial charge in [0.05, 0.1) is 24.4 Å². The van der Waals surface area contributed by atoms with E-state index in [1.54, 1.807) is 50.5 Å². The summed E-state index contributed by atoms with van der Waals surface area (Å²) in [5, 5.41) is 6.17. The molecule has 11 heteroatoms. The van der Waals surface area contributed by atoms with E-state index in [1.807, 2.05) is 79.7 Å². The van der Waals surface area contributed by atoms with Crippen LogP contribution in [0, 0.1) is 11.3 Å². The Hall–Kier alpha value is -3.70. The number of likely N-dealkylation sites (N-methyl/N-ethyl adjacent to an activating group) is 2. The Morgan fingerprint density at radius 1 is 0.936 bits per heavy atom. The van der Waals surface area contributed by atoms with E-state index in [0.29, 0.717) is 12.2 Å². The van der Waals surface area contributed by atoms with E-state index in [-0.39, 0.29) is 29.1 Å². The van der Waals surface area contributed by atoms with Gasteiger partial charge < -0.3 is 20.3 Å². The molecule has 0 aliphatic rings. The maximum Gasteiger partial charge on any atom is 0.260 e. The first-order chi connectivity index (χ1) is 21.7. The van der Waals surface area contributed by atoms with Gasteiger partial charge in [0, 0.05) is 18.0 Å². The van der Waals surface area contributed by atoms with Crippen LogP contribution in [-0.2, 0) is 35.6 Å². The summed E-state index contributed by atoms with van der Waals surface area (Å²) >= 11 is 0. The molecule has 0 bridgehead atoms. The van der Waals surface area contributed by atoms with Crippen LogP contribution < -0.4 is 20.1 Å². The van der Waals surface area contributed by atoms with Crippen LogP contribution in [0.1, 0.15) is 73.4 Å². The molecule has 0 saturated heterocycles. The van der Waals surface area contributed by atoms with Crippen LogP contribution in [-0.4, -0.2) is 69.9 Å². The van der Waals surface area contributed by atoms with Gasteiger partial charge in [-0.3, -0.25) is 14.4 Å². The largest absolute Gasteiger partial charge is 0.494 e. The normalized spacial score (nSPS) is 14.6. The summed E-state index contributed by atoms with van der Waals surface area (Å²) in [6.07, 6.45) is 1.60. The molecule has 0 aliphatic carbocycles. The Balaban J connectivity index is 2.29. The third kappa shape index (κ3) is 10.9. The number of ether oxygens (including phenoxy) is 1. The van der Waals surface area contributed by atoms with Crippen molar-refractivity contribution >= 4 is 27.7 Å². The van der Waals surface area contributed by atoms with E-state index in [9.17, 15) is 22.8 Å².